The summed E-state index contributed by atoms with van der Waals surface area (Å²) < 4.78 is 5.51. The largest absolute Gasteiger partial charge is 0.494 e. The van der Waals surface area contributed by atoms with Gasteiger partial charge in [0.15, 0.2) is 0 Å². The van der Waals surface area contributed by atoms with Gasteiger partial charge in [0.2, 0.25) is 0 Å². The van der Waals surface area contributed by atoms with E-state index in [2.05, 4.69) is 0 Å². The Balaban J connectivity index is 2.15. The summed E-state index contributed by atoms with van der Waals surface area (Å²) >= 11 is 5.74. The van der Waals surface area contributed by atoms with E-state index in [1.54, 1.807) is 0 Å². The Kier molecular flexibility index (Phi) is 5.42. The van der Waals surface area contributed by atoms with Crippen molar-refractivity contribution in [1.29, 1.82) is 0 Å². The van der Waals surface area contributed by atoms with Gasteiger partial charge in [-0.05, 0) is 50.1 Å². The molecule has 0 amide bonds. The third-order valence-electron chi connectivity index (χ3n) is 1.93. The van der Waals surface area contributed by atoms with E-state index in [1.807, 2.05) is 24.3 Å². The van der Waals surface area contributed by atoms with E-state index in [4.69, 9.17) is 22.1 Å². The zero-order chi connectivity index (χ0) is 10.2. The molecule has 0 atom stereocenters. The number of hydrogen-bond acceptors (Lipinski definition) is 2. The minimum absolute atomic E-state index is 0.737. The molecule has 0 fully saturated rings. The van der Waals surface area contributed by atoms with Gasteiger partial charge in [-0.25, -0.2) is 0 Å². The molecule has 0 aliphatic heterocycles. The lowest BCUT2D eigenvalue weighted by atomic mass is 10.2. The normalized spacial score (nSPS) is 10.1. The molecule has 0 radical (unpaired) electrons. The van der Waals surface area contributed by atoms with Crippen molar-refractivity contribution in [3.05, 3.63) is 29.3 Å². The predicted octanol–water partition coefficient (Wildman–Crippen LogP) is 2.85. The van der Waals surface area contributed by atoms with Crippen LogP contribution < -0.4 is 10.5 Å². The van der Waals surface area contributed by atoms with Crippen LogP contribution in [0.5, 0.6) is 5.75 Å². The molecule has 1 aromatic rings. The van der Waals surface area contributed by atoms with Crippen LogP contribution in [0.25, 0.3) is 0 Å². The van der Waals surface area contributed by atoms with E-state index < -0.39 is 0 Å². The Labute approximate surface area is 90.0 Å². The second-order valence-electron chi connectivity index (χ2n) is 3.15. The quantitative estimate of drug-likeness (QED) is 0.738. The molecule has 14 heavy (non-hydrogen) atoms. The van der Waals surface area contributed by atoms with Gasteiger partial charge in [0.25, 0.3) is 0 Å². The number of halogens is 1. The van der Waals surface area contributed by atoms with E-state index in [0.717, 1.165) is 43.2 Å². The average Bonchev–Trinajstić information content (AvgIpc) is 2.21. The molecule has 0 spiro atoms. The van der Waals surface area contributed by atoms with Gasteiger partial charge >= 0.3 is 0 Å². The zero-order valence-electron chi connectivity index (χ0n) is 8.21. The van der Waals surface area contributed by atoms with Crippen LogP contribution in [-0.4, -0.2) is 13.2 Å². The predicted molar refractivity (Wildman–Crippen MR) is 59.9 cm³/mol. The van der Waals surface area contributed by atoms with Gasteiger partial charge in [0, 0.05) is 5.02 Å². The van der Waals surface area contributed by atoms with Gasteiger partial charge in [0.1, 0.15) is 5.75 Å². The van der Waals surface area contributed by atoms with Gasteiger partial charge in [-0.1, -0.05) is 11.6 Å². The van der Waals surface area contributed by atoms with Crippen LogP contribution in [0.2, 0.25) is 5.02 Å². The molecule has 1 aromatic carbocycles. The van der Waals surface area contributed by atoms with Crippen molar-refractivity contribution >= 4 is 11.6 Å². The first-order valence-electron chi connectivity index (χ1n) is 4.91. The lowest BCUT2D eigenvalue weighted by molar-refractivity contribution is 0.305. The van der Waals surface area contributed by atoms with Gasteiger partial charge in [-0.2, -0.15) is 0 Å². The molecule has 0 aromatic heterocycles. The number of benzene rings is 1. The highest BCUT2D eigenvalue weighted by atomic mass is 35.5. The van der Waals surface area contributed by atoms with Crippen LogP contribution in [0, 0.1) is 0 Å². The fourth-order valence-electron chi connectivity index (χ4n) is 1.14. The van der Waals surface area contributed by atoms with E-state index >= 15 is 0 Å². The van der Waals surface area contributed by atoms with Crippen LogP contribution in [0.3, 0.4) is 0 Å². The first kappa shape index (κ1) is 11.3. The molecule has 0 aliphatic carbocycles. The molecule has 0 aliphatic rings. The Morgan fingerprint density at radius 3 is 2.43 bits per heavy atom. The van der Waals surface area contributed by atoms with Crippen LogP contribution in [0.15, 0.2) is 24.3 Å². The lowest BCUT2D eigenvalue weighted by Gasteiger charge is -2.05. The average molecular weight is 214 g/mol. The van der Waals surface area contributed by atoms with Gasteiger partial charge in [-0.3, -0.25) is 0 Å². The van der Waals surface area contributed by atoms with E-state index in [9.17, 15) is 0 Å². The minimum Gasteiger partial charge on any atom is -0.494 e. The molecule has 3 heteroatoms. The zero-order valence-corrected chi connectivity index (χ0v) is 8.96. The van der Waals surface area contributed by atoms with Gasteiger partial charge < -0.3 is 10.5 Å². The summed E-state index contributed by atoms with van der Waals surface area (Å²) in [6, 6.07) is 7.42. The topological polar surface area (TPSA) is 35.2 Å². The number of hydrogen-bond donors (Lipinski definition) is 1. The Morgan fingerprint density at radius 2 is 1.79 bits per heavy atom. The van der Waals surface area contributed by atoms with Crippen molar-refractivity contribution in [3.8, 4) is 5.75 Å². The van der Waals surface area contributed by atoms with Crippen LogP contribution >= 0.6 is 11.6 Å². The number of unbranched alkanes of at least 4 members (excludes halogenated alkanes) is 2. The summed E-state index contributed by atoms with van der Waals surface area (Å²) in [6.07, 6.45) is 3.26. The smallest absolute Gasteiger partial charge is 0.119 e. The lowest BCUT2D eigenvalue weighted by Crippen LogP contribution is -2.01. The van der Waals surface area contributed by atoms with E-state index in [1.165, 1.54) is 0 Å². The summed E-state index contributed by atoms with van der Waals surface area (Å²) in [4.78, 5) is 0. The molecule has 0 bridgehead atoms. The summed E-state index contributed by atoms with van der Waals surface area (Å²) in [5, 5.41) is 0.737. The van der Waals surface area contributed by atoms with Crippen molar-refractivity contribution in [2.75, 3.05) is 13.2 Å². The third kappa shape index (κ3) is 4.49. The monoisotopic (exact) mass is 213 g/mol. The molecule has 1 rings (SSSR count). The fourth-order valence-corrected chi connectivity index (χ4v) is 1.27. The molecular formula is C11H16ClNO. The van der Waals surface area contributed by atoms with Crippen LogP contribution in [0.4, 0.5) is 0 Å². The first-order valence-corrected chi connectivity index (χ1v) is 5.29. The number of nitrogens with two attached hydrogens (primary N) is 1. The highest BCUT2D eigenvalue weighted by molar-refractivity contribution is 6.30. The summed E-state index contributed by atoms with van der Waals surface area (Å²) in [7, 11) is 0. The third-order valence-corrected chi connectivity index (χ3v) is 2.18. The number of rotatable bonds is 6. The van der Waals surface area contributed by atoms with Crippen molar-refractivity contribution < 1.29 is 4.74 Å². The second-order valence-corrected chi connectivity index (χ2v) is 3.59. The molecule has 2 N–H and O–H groups in total. The molecule has 0 unspecified atom stereocenters. The maximum Gasteiger partial charge on any atom is 0.119 e. The minimum atomic E-state index is 0.737. The molecule has 2 nitrogen and oxygen atoms in total. The molecular weight excluding hydrogens is 198 g/mol. The molecule has 0 saturated heterocycles. The molecule has 0 saturated carbocycles. The van der Waals surface area contributed by atoms with Crippen molar-refractivity contribution in [2.24, 2.45) is 5.73 Å². The summed E-state index contributed by atoms with van der Waals surface area (Å²) in [5.41, 5.74) is 5.38. The fraction of sp³-hybridized carbons (Fsp3) is 0.455. The van der Waals surface area contributed by atoms with Crippen molar-refractivity contribution in [2.45, 2.75) is 19.3 Å². The summed E-state index contributed by atoms with van der Waals surface area (Å²) in [5.74, 6) is 0.877. The molecule has 78 valence electrons. The highest BCUT2D eigenvalue weighted by Crippen LogP contribution is 2.15. The SMILES string of the molecule is NCCCCCOc1ccc(Cl)cc1. The molecule has 0 heterocycles. The second kappa shape index (κ2) is 6.68. The first-order chi connectivity index (χ1) is 6.83. The maximum atomic E-state index is 5.74. The van der Waals surface area contributed by atoms with Gasteiger partial charge in [-0.15, -0.1) is 0 Å². The Bertz CT molecular complexity index is 248. The van der Waals surface area contributed by atoms with E-state index in [0.29, 0.717) is 0 Å². The summed E-state index contributed by atoms with van der Waals surface area (Å²) in [6.45, 7) is 1.52. The maximum absolute atomic E-state index is 5.74. The van der Waals surface area contributed by atoms with Gasteiger partial charge in [0.05, 0.1) is 6.61 Å². The Hall–Kier alpha value is -0.730. The van der Waals surface area contributed by atoms with Crippen LogP contribution in [0.1, 0.15) is 19.3 Å². The van der Waals surface area contributed by atoms with Crippen LogP contribution in [-0.2, 0) is 0 Å². The Morgan fingerprint density at radius 1 is 1.07 bits per heavy atom. The van der Waals surface area contributed by atoms with Crippen molar-refractivity contribution in [3.63, 3.8) is 0 Å². The standard InChI is InChI=1S/C11H16ClNO/c12-10-4-6-11(7-5-10)14-9-3-1-2-8-13/h4-7H,1-3,8-9,13H2. The number of ether oxygens (including phenoxy) is 1. The van der Waals surface area contributed by atoms with Crippen molar-refractivity contribution in [1.82, 2.24) is 0 Å². The van der Waals surface area contributed by atoms with E-state index in [-0.39, 0.29) is 0 Å². The highest BCUT2D eigenvalue weighted by Gasteiger charge is 1.93.